The van der Waals surface area contributed by atoms with Gasteiger partial charge in [-0.1, -0.05) is 17.7 Å². The molecule has 20 heavy (non-hydrogen) atoms. The van der Waals surface area contributed by atoms with Crippen LogP contribution >= 0.6 is 11.6 Å². The Morgan fingerprint density at radius 2 is 1.95 bits per heavy atom. The third-order valence-corrected chi connectivity index (χ3v) is 3.26. The number of fused-ring (bicyclic) bond motifs is 1. The van der Waals surface area contributed by atoms with Crippen molar-refractivity contribution < 1.29 is 9.47 Å². The summed E-state index contributed by atoms with van der Waals surface area (Å²) in [7, 11) is 0. The zero-order valence-corrected chi connectivity index (χ0v) is 11.7. The van der Waals surface area contributed by atoms with Crippen LogP contribution in [0.25, 0.3) is 0 Å². The van der Waals surface area contributed by atoms with Gasteiger partial charge in [0.25, 0.3) is 0 Å². The molecule has 0 amide bonds. The first-order valence-corrected chi connectivity index (χ1v) is 6.93. The van der Waals surface area contributed by atoms with Gasteiger partial charge in [-0.25, -0.2) is 4.98 Å². The number of hydrogen-bond donors (Lipinski definition) is 1. The zero-order chi connectivity index (χ0) is 13.8. The highest BCUT2D eigenvalue weighted by molar-refractivity contribution is 6.29. The van der Waals surface area contributed by atoms with Crippen LogP contribution < -0.4 is 14.8 Å². The Labute approximate surface area is 122 Å². The Kier molecular flexibility index (Phi) is 3.92. The number of rotatable bonds is 3. The topological polar surface area (TPSA) is 43.4 Å². The smallest absolute Gasteiger partial charge is 0.161 e. The molecule has 5 heteroatoms. The van der Waals surface area contributed by atoms with E-state index in [2.05, 4.69) is 10.3 Å². The molecule has 0 bridgehead atoms. The van der Waals surface area contributed by atoms with Gasteiger partial charge >= 0.3 is 0 Å². The Bertz CT molecular complexity index is 587. The van der Waals surface area contributed by atoms with E-state index in [4.69, 9.17) is 21.1 Å². The molecule has 4 nitrogen and oxygen atoms in total. The molecule has 0 spiro atoms. The average Bonchev–Trinajstić information content (AvgIpc) is 2.71. The van der Waals surface area contributed by atoms with Crippen LogP contribution in [0.15, 0.2) is 36.5 Å². The van der Waals surface area contributed by atoms with Crippen LogP contribution in [0, 0.1) is 0 Å². The molecule has 1 aromatic heterocycles. The fraction of sp³-hybridized carbons (Fsp3) is 0.267. The number of nitrogens with zero attached hydrogens (tertiary/aromatic N) is 1. The molecular formula is C15H15ClN2O2. The van der Waals surface area contributed by atoms with Gasteiger partial charge in [-0.05, 0) is 29.8 Å². The highest BCUT2D eigenvalue weighted by Crippen LogP contribution is 2.30. The number of hydrogen-bond acceptors (Lipinski definition) is 4. The van der Waals surface area contributed by atoms with Crippen molar-refractivity contribution in [1.29, 1.82) is 0 Å². The number of anilines is 1. The average molecular weight is 291 g/mol. The normalized spacial score (nSPS) is 13.7. The fourth-order valence-corrected chi connectivity index (χ4v) is 2.11. The van der Waals surface area contributed by atoms with Crippen molar-refractivity contribution in [3.05, 3.63) is 47.2 Å². The van der Waals surface area contributed by atoms with E-state index in [1.165, 1.54) is 0 Å². The van der Waals surface area contributed by atoms with E-state index in [0.29, 0.717) is 24.9 Å². The summed E-state index contributed by atoms with van der Waals surface area (Å²) in [5.41, 5.74) is 2.06. The molecule has 104 valence electrons. The van der Waals surface area contributed by atoms with Gasteiger partial charge in [0, 0.05) is 13.0 Å². The predicted octanol–water partition coefficient (Wildman–Crippen LogP) is 3.51. The van der Waals surface area contributed by atoms with Crippen LogP contribution in [-0.4, -0.2) is 18.2 Å². The van der Waals surface area contributed by atoms with Gasteiger partial charge in [0.1, 0.15) is 5.15 Å². The molecule has 1 aliphatic heterocycles. The number of halogens is 1. The Morgan fingerprint density at radius 3 is 2.75 bits per heavy atom. The maximum Gasteiger partial charge on any atom is 0.161 e. The zero-order valence-electron chi connectivity index (χ0n) is 10.9. The van der Waals surface area contributed by atoms with Gasteiger partial charge in [0.2, 0.25) is 0 Å². The van der Waals surface area contributed by atoms with Crippen molar-refractivity contribution in [2.45, 2.75) is 13.0 Å². The van der Waals surface area contributed by atoms with Gasteiger partial charge in [0.15, 0.2) is 11.5 Å². The van der Waals surface area contributed by atoms with Crippen LogP contribution in [0.3, 0.4) is 0 Å². The summed E-state index contributed by atoms with van der Waals surface area (Å²) in [6.45, 7) is 2.10. The summed E-state index contributed by atoms with van der Waals surface area (Å²) in [5.74, 6) is 1.63. The molecule has 2 aromatic rings. The second kappa shape index (κ2) is 6.01. The van der Waals surface area contributed by atoms with Crippen LogP contribution in [0.4, 0.5) is 5.69 Å². The quantitative estimate of drug-likeness (QED) is 0.879. The van der Waals surface area contributed by atoms with Crippen LogP contribution in [0.5, 0.6) is 11.5 Å². The summed E-state index contributed by atoms with van der Waals surface area (Å²) in [6, 6.07) is 9.66. The molecule has 1 aromatic carbocycles. The Morgan fingerprint density at radius 1 is 1.10 bits per heavy atom. The van der Waals surface area contributed by atoms with Crippen LogP contribution in [0.2, 0.25) is 5.15 Å². The van der Waals surface area contributed by atoms with Gasteiger partial charge in [0.05, 0.1) is 25.1 Å². The van der Waals surface area contributed by atoms with Crippen molar-refractivity contribution >= 4 is 17.3 Å². The van der Waals surface area contributed by atoms with Gasteiger partial charge < -0.3 is 14.8 Å². The largest absolute Gasteiger partial charge is 0.490 e. The molecule has 1 N–H and O–H groups in total. The molecule has 0 aliphatic carbocycles. The predicted molar refractivity (Wildman–Crippen MR) is 78.6 cm³/mol. The minimum Gasteiger partial charge on any atom is -0.490 e. The molecule has 0 radical (unpaired) electrons. The van der Waals surface area contributed by atoms with Crippen molar-refractivity contribution in [2.24, 2.45) is 0 Å². The summed E-state index contributed by atoms with van der Waals surface area (Å²) < 4.78 is 11.3. The first-order valence-electron chi connectivity index (χ1n) is 6.55. The minimum absolute atomic E-state index is 0.492. The molecule has 0 fully saturated rings. The highest BCUT2D eigenvalue weighted by Gasteiger charge is 2.10. The van der Waals surface area contributed by atoms with E-state index in [1.807, 2.05) is 24.3 Å². The van der Waals surface area contributed by atoms with Crippen molar-refractivity contribution in [3.63, 3.8) is 0 Å². The van der Waals surface area contributed by atoms with E-state index in [1.54, 1.807) is 12.3 Å². The second-order valence-corrected chi connectivity index (χ2v) is 4.94. The van der Waals surface area contributed by atoms with E-state index in [0.717, 1.165) is 29.2 Å². The summed E-state index contributed by atoms with van der Waals surface area (Å²) in [5, 5.41) is 3.78. The molecule has 0 saturated carbocycles. The van der Waals surface area contributed by atoms with Crippen LogP contribution in [-0.2, 0) is 6.54 Å². The van der Waals surface area contributed by atoms with E-state index < -0.39 is 0 Å². The maximum absolute atomic E-state index is 5.75. The molecule has 0 unspecified atom stereocenters. The number of aromatic nitrogens is 1. The third kappa shape index (κ3) is 3.14. The lowest BCUT2D eigenvalue weighted by Crippen LogP contribution is -2.00. The minimum atomic E-state index is 0.492. The highest BCUT2D eigenvalue weighted by atomic mass is 35.5. The SMILES string of the molecule is Clc1ccc(NCc2ccc3c(c2)OCCCO3)cn1. The van der Waals surface area contributed by atoms with E-state index in [-0.39, 0.29) is 0 Å². The first kappa shape index (κ1) is 13.1. The summed E-state index contributed by atoms with van der Waals surface area (Å²) in [4.78, 5) is 4.03. The summed E-state index contributed by atoms with van der Waals surface area (Å²) in [6.07, 6.45) is 2.63. The lowest BCUT2D eigenvalue weighted by molar-refractivity contribution is 0.297. The number of nitrogens with one attached hydrogen (secondary N) is 1. The van der Waals surface area contributed by atoms with Gasteiger partial charge in [-0.15, -0.1) is 0 Å². The van der Waals surface area contributed by atoms with E-state index >= 15 is 0 Å². The molecular weight excluding hydrogens is 276 g/mol. The van der Waals surface area contributed by atoms with Crippen molar-refractivity contribution in [1.82, 2.24) is 4.98 Å². The standard InChI is InChI=1S/C15H15ClN2O2/c16-15-5-3-12(10-18-15)17-9-11-2-4-13-14(8-11)20-7-1-6-19-13/h2-5,8,10,17H,1,6-7,9H2. The molecule has 3 rings (SSSR count). The third-order valence-electron chi connectivity index (χ3n) is 3.04. The Hall–Kier alpha value is -1.94. The van der Waals surface area contributed by atoms with E-state index in [9.17, 15) is 0 Å². The fourth-order valence-electron chi connectivity index (χ4n) is 2.00. The number of ether oxygens (including phenoxy) is 2. The lowest BCUT2D eigenvalue weighted by atomic mass is 10.2. The monoisotopic (exact) mass is 290 g/mol. The lowest BCUT2D eigenvalue weighted by Gasteiger charge is -2.10. The van der Waals surface area contributed by atoms with Crippen molar-refractivity contribution in [3.8, 4) is 11.5 Å². The maximum atomic E-state index is 5.75. The van der Waals surface area contributed by atoms with Crippen LogP contribution in [0.1, 0.15) is 12.0 Å². The molecule has 0 saturated heterocycles. The number of pyridine rings is 1. The second-order valence-electron chi connectivity index (χ2n) is 4.55. The van der Waals surface area contributed by atoms with Gasteiger partial charge in [-0.3, -0.25) is 0 Å². The van der Waals surface area contributed by atoms with Gasteiger partial charge in [-0.2, -0.15) is 0 Å². The molecule has 2 heterocycles. The van der Waals surface area contributed by atoms with Crippen molar-refractivity contribution in [2.75, 3.05) is 18.5 Å². The number of benzene rings is 1. The molecule has 1 aliphatic rings. The molecule has 0 atom stereocenters. The Balaban J connectivity index is 1.68. The first-order chi connectivity index (χ1) is 9.81. The summed E-state index contributed by atoms with van der Waals surface area (Å²) >= 11 is 5.75.